The second kappa shape index (κ2) is 5.70. The quantitative estimate of drug-likeness (QED) is 0.873. The number of nitrogens with zero attached hydrogens (tertiary/aromatic N) is 1. The lowest BCUT2D eigenvalue weighted by Crippen LogP contribution is -2.44. The molecule has 1 amide bonds. The van der Waals surface area contributed by atoms with Crippen LogP contribution in [-0.4, -0.2) is 44.1 Å². The van der Waals surface area contributed by atoms with Crippen molar-refractivity contribution in [3.63, 3.8) is 0 Å². The first-order valence-electron chi connectivity index (χ1n) is 9.13. The van der Waals surface area contributed by atoms with Crippen LogP contribution in [0.2, 0.25) is 0 Å². The number of sulfonamides is 1. The fraction of sp³-hybridized carbons (Fsp3) is 0.632. The molecule has 2 bridgehead atoms. The van der Waals surface area contributed by atoms with Crippen LogP contribution in [0.15, 0.2) is 24.3 Å². The number of benzene rings is 1. The third-order valence-electron chi connectivity index (χ3n) is 7.19. The molecule has 1 aromatic rings. The third kappa shape index (κ3) is 2.40. The van der Waals surface area contributed by atoms with Gasteiger partial charge < -0.3 is 10.1 Å². The van der Waals surface area contributed by atoms with Gasteiger partial charge in [0, 0.05) is 23.2 Å². The van der Waals surface area contributed by atoms with E-state index in [1.165, 1.54) is 4.31 Å². The normalized spacial score (nSPS) is 33.8. The van der Waals surface area contributed by atoms with Crippen molar-refractivity contribution in [1.82, 2.24) is 4.31 Å². The first-order chi connectivity index (χ1) is 12.2. The molecular formula is C19H26N2O4S. The van der Waals surface area contributed by atoms with Crippen molar-refractivity contribution in [3.8, 4) is 5.75 Å². The zero-order valence-electron chi connectivity index (χ0n) is 15.5. The SMILES string of the molecule is COc1cccc(NC(=O)CN2[C@@H]3C[C@H]4CC[C@@]3(CS2(=O)=O)C4(C)C)c1. The summed E-state index contributed by atoms with van der Waals surface area (Å²) >= 11 is 0. The summed E-state index contributed by atoms with van der Waals surface area (Å²) in [5.41, 5.74) is 0.420. The summed E-state index contributed by atoms with van der Waals surface area (Å²) < 4.78 is 32.4. The van der Waals surface area contributed by atoms with Gasteiger partial charge in [0.25, 0.3) is 0 Å². The molecule has 1 N–H and O–H groups in total. The molecule has 7 heteroatoms. The van der Waals surface area contributed by atoms with Crippen LogP contribution in [0.1, 0.15) is 33.1 Å². The van der Waals surface area contributed by atoms with Gasteiger partial charge in [-0.2, -0.15) is 4.31 Å². The van der Waals surface area contributed by atoms with Crippen LogP contribution in [0, 0.1) is 16.7 Å². The second-order valence-electron chi connectivity index (χ2n) is 8.45. The highest BCUT2D eigenvalue weighted by Crippen LogP contribution is 2.69. The molecule has 4 rings (SSSR count). The van der Waals surface area contributed by atoms with Crippen LogP contribution in [0.5, 0.6) is 5.75 Å². The monoisotopic (exact) mass is 378 g/mol. The number of methoxy groups -OCH3 is 1. The second-order valence-corrected chi connectivity index (χ2v) is 10.4. The third-order valence-corrected chi connectivity index (χ3v) is 9.16. The first-order valence-corrected chi connectivity index (χ1v) is 10.7. The lowest BCUT2D eigenvalue weighted by atomic mass is 9.69. The van der Waals surface area contributed by atoms with Gasteiger partial charge in [0.2, 0.25) is 15.9 Å². The van der Waals surface area contributed by atoms with Crippen LogP contribution in [0.25, 0.3) is 0 Å². The summed E-state index contributed by atoms with van der Waals surface area (Å²) in [4.78, 5) is 12.6. The van der Waals surface area contributed by atoms with Gasteiger partial charge in [-0.05, 0) is 42.7 Å². The highest BCUT2D eigenvalue weighted by molar-refractivity contribution is 7.89. The van der Waals surface area contributed by atoms with Gasteiger partial charge in [0.15, 0.2) is 0 Å². The van der Waals surface area contributed by atoms with Crippen LogP contribution in [0.3, 0.4) is 0 Å². The van der Waals surface area contributed by atoms with E-state index in [0.29, 0.717) is 17.4 Å². The van der Waals surface area contributed by atoms with E-state index in [1.807, 2.05) is 0 Å². The van der Waals surface area contributed by atoms with Crippen LogP contribution in [-0.2, 0) is 14.8 Å². The number of carbonyl (C=O) groups is 1. The summed E-state index contributed by atoms with van der Waals surface area (Å²) in [5.74, 6) is 1.07. The fourth-order valence-corrected chi connectivity index (χ4v) is 8.14. The molecule has 0 unspecified atom stereocenters. The van der Waals surface area contributed by atoms with Crippen molar-refractivity contribution in [2.75, 3.05) is 24.7 Å². The summed E-state index contributed by atoms with van der Waals surface area (Å²) in [7, 11) is -1.85. The molecule has 3 fully saturated rings. The van der Waals surface area contributed by atoms with E-state index < -0.39 is 10.0 Å². The standard InChI is InChI=1S/C19H26N2O4S/c1-18(2)13-7-8-19(18)12-26(23,24)21(16(19)9-13)11-17(22)20-14-5-4-6-15(10-14)25-3/h4-6,10,13,16H,7-9,11-12H2,1-3H3,(H,20,22)/t13-,16-,19+/m1/s1. The maximum Gasteiger partial charge on any atom is 0.239 e. The molecule has 1 heterocycles. The van der Waals surface area contributed by atoms with Crippen LogP contribution in [0.4, 0.5) is 5.69 Å². The van der Waals surface area contributed by atoms with Gasteiger partial charge in [-0.1, -0.05) is 19.9 Å². The Morgan fingerprint density at radius 2 is 2.15 bits per heavy atom. The van der Waals surface area contributed by atoms with Crippen molar-refractivity contribution in [3.05, 3.63) is 24.3 Å². The molecule has 0 radical (unpaired) electrons. The number of rotatable bonds is 4. The van der Waals surface area contributed by atoms with Gasteiger partial charge in [-0.3, -0.25) is 4.79 Å². The number of anilines is 1. The molecule has 1 saturated heterocycles. The molecule has 26 heavy (non-hydrogen) atoms. The van der Waals surface area contributed by atoms with E-state index in [9.17, 15) is 13.2 Å². The van der Waals surface area contributed by atoms with Gasteiger partial charge in [-0.15, -0.1) is 0 Å². The van der Waals surface area contributed by atoms with Gasteiger partial charge >= 0.3 is 0 Å². The Bertz CT molecular complexity index is 851. The minimum Gasteiger partial charge on any atom is -0.497 e. The molecule has 2 aliphatic carbocycles. The number of carbonyl (C=O) groups excluding carboxylic acids is 1. The topological polar surface area (TPSA) is 75.7 Å². The average molecular weight is 378 g/mol. The van der Waals surface area contributed by atoms with Crippen LogP contribution < -0.4 is 10.1 Å². The summed E-state index contributed by atoms with van der Waals surface area (Å²) in [5, 5.41) is 2.80. The zero-order chi connectivity index (χ0) is 18.7. The molecule has 3 aliphatic rings. The summed E-state index contributed by atoms with van der Waals surface area (Å²) in [6, 6.07) is 7.02. The van der Waals surface area contributed by atoms with E-state index in [1.54, 1.807) is 31.4 Å². The summed E-state index contributed by atoms with van der Waals surface area (Å²) in [6.45, 7) is 4.30. The number of nitrogens with one attached hydrogen (secondary N) is 1. The molecular weight excluding hydrogens is 352 g/mol. The Morgan fingerprint density at radius 1 is 1.38 bits per heavy atom. The van der Waals surface area contributed by atoms with Crippen molar-refractivity contribution >= 4 is 21.6 Å². The lowest BCUT2D eigenvalue weighted by molar-refractivity contribution is -0.116. The number of amides is 1. The molecule has 0 aromatic heterocycles. The number of hydrogen-bond donors (Lipinski definition) is 1. The van der Waals surface area contributed by atoms with Gasteiger partial charge in [0.05, 0.1) is 19.4 Å². The molecule has 1 spiro atoms. The van der Waals surface area contributed by atoms with E-state index >= 15 is 0 Å². The van der Waals surface area contributed by atoms with Crippen molar-refractivity contribution in [1.29, 1.82) is 0 Å². The molecule has 3 atom stereocenters. The number of fused-ring (bicyclic) bond motifs is 1. The van der Waals surface area contributed by atoms with E-state index in [2.05, 4.69) is 19.2 Å². The lowest BCUT2D eigenvalue weighted by Gasteiger charge is -2.37. The van der Waals surface area contributed by atoms with Crippen molar-refractivity contribution in [2.24, 2.45) is 16.7 Å². The predicted octanol–water partition coefficient (Wildman–Crippen LogP) is 2.47. The highest BCUT2D eigenvalue weighted by Gasteiger charge is 2.71. The Morgan fingerprint density at radius 3 is 2.85 bits per heavy atom. The predicted molar refractivity (Wildman–Crippen MR) is 99.5 cm³/mol. The number of hydrogen-bond acceptors (Lipinski definition) is 4. The molecule has 2 saturated carbocycles. The van der Waals surface area contributed by atoms with Crippen LogP contribution >= 0.6 is 0 Å². The zero-order valence-corrected chi connectivity index (χ0v) is 16.3. The first kappa shape index (κ1) is 17.8. The van der Waals surface area contributed by atoms with E-state index in [0.717, 1.165) is 19.3 Å². The maximum absolute atomic E-state index is 12.9. The Kier molecular flexibility index (Phi) is 3.90. The van der Waals surface area contributed by atoms with E-state index in [4.69, 9.17) is 4.74 Å². The molecule has 1 aliphatic heterocycles. The van der Waals surface area contributed by atoms with Gasteiger partial charge in [-0.25, -0.2) is 8.42 Å². The van der Waals surface area contributed by atoms with E-state index in [-0.39, 0.29) is 35.1 Å². The Hall–Kier alpha value is -1.60. The number of ether oxygens (including phenoxy) is 1. The highest BCUT2D eigenvalue weighted by atomic mass is 32.2. The van der Waals surface area contributed by atoms with Crippen molar-refractivity contribution < 1.29 is 17.9 Å². The smallest absolute Gasteiger partial charge is 0.239 e. The molecule has 1 aromatic carbocycles. The largest absolute Gasteiger partial charge is 0.497 e. The summed E-state index contributed by atoms with van der Waals surface area (Å²) in [6.07, 6.45) is 2.92. The maximum atomic E-state index is 12.9. The Labute approximate surface area is 155 Å². The molecule has 142 valence electrons. The van der Waals surface area contributed by atoms with Gasteiger partial charge in [0.1, 0.15) is 5.75 Å². The Balaban J connectivity index is 1.54. The minimum atomic E-state index is -3.41. The average Bonchev–Trinajstić information content (AvgIpc) is 3.04. The van der Waals surface area contributed by atoms with Crippen molar-refractivity contribution in [2.45, 2.75) is 39.2 Å². The minimum absolute atomic E-state index is 0.0166. The fourth-order valence-electron chi connectivity index (χ4n) is 5.63. The molecule has 6 nitrogen and oxygen atoms in total.